The van der Waals surface area contributed by atoms with Crippen molar-refractivity contribution in [1.82, 2.24) is 10.2 Å². The molecule has 1 aromatic rings. The van der Waals surface area contributed by atoms with Crippen LogP contribution in [0.4, 0.5) is 10.5 Å². The minimum absolute atomic E-state index is 0.199. The molecule has 21 heavy (non-hydrogen) atoms. The van der Waals surface area contributed by atoms with Crippen LogP contribution >= 0.6 is 0 Å². The zero-order chi connectivity index (χ0) is 15.7. The van der Waals surface area contributed by atoms with Crippen molar-refractivity contribution in [2.24, 2.45) is 0 Å². The number of nitriles is 1. The average Bonchev–Trinajstić information content (AvgIpc) is 2.50. The zero-order valence-corrected chi connectivity index (χ0v) is 13.0. The number of nitrogens with one attached hydrogen (secondary N) is 2. The van der Waals surface area contributed by atoms with Crippen molar-refractivity contribution < 1.29 is 4.79 Å². The number of amides is 2. The van der Waals surface area contributed by atoms with Gasteiger partial charge in [0.2, 0.25) is 0 Å². The summed E-state index contributed by atoms with van der Waals surface area (Å²) >= 11 is 0. The quantitative estimate of drug-likeness (QED) is 0.810. The molecule has 2 N–H and O–H groups in total. The highest BCUT2D eigenvalue weighted by Gasteiger charge is 2.09. The molecule has 0 saturated heterocycles. The number of anilines is 1. The topological polar surface area (TPSA) is 68.2 Å². The van der Waals surface area contributed by atoms with E-state index >= 15 is 0 Å². The van der Waals surface area contributed by atoms with Gasteiger partial charge < -0.3 is 15.5 Å². The molecule has 0 heterocycles. The first kappa shape index (κ1) is 17.0. The maximum Gasteiger partial charge on any atom is 0.321 e. The Balaban J connectivity index is 2.54. The third-order valence-corrected chi connectivity index (χ3v) is 3.27. The zero-order valence-electron chi connectivity index (χ0n) is 13.0. The van der Waals surface area contributed by atoms with Crippen LogP contribution in [0.25, 0.3) is 0 Å². The molecule has 1 rings (SSSR count). The average molecular weight is 288 g/mol. The summed E-state index contributed by atoms with van der Waals surface area (Å²) in [5, 5.41) is 14.8. The van der Waals surface area contributed by atoms with Crippen molar-refractivity contribution in [3.05, 3.63) is 29.8 Å². The number of hydrogen-bond acceptors (Lipinski definition) is 3. The molecular weight excluding hydrogens is 264 g/mol. The van der Waals surface area contributed by atoms with E-state index in [0.29, 0.717) is 19.0 Å². The van der Waals surface area contributed by atoms with Gasteiger partial charge in [-0.15, -0.1) is 0 Å². The number of carbonyl (C=O) groups excluding carboxylic acids is 1. The first-order valence-electron chi connectivity index (χ1n) is 7.31. The highest BCUT2D eigenvalue weighted by atomic mass is 16.2. The molecule has 5 nitrogen and oxygen atoms in total. The van der Waals surface area contributed by atoms with E-state index in [2.05, 4.69) is 24.5 Å². The second kappa shape index (κ2) is 8.98. The Morgan fingerprint density at radius 3 is 2.62 bits per heavy atom. The third kappa shape index (κ3) is 5.84. The SMILES string of the molecule is CCCNC(C)c1ccc(NC(=O)N(C)CCC#N)cc1. The fraction of sp³-hybridized carbons (Fsp3) is 0.500. The molecule has 114 valence electrons. The van der Waals surface area contributed by atoms with Crippen LogP contribution in [0, 0.1) is 11.3 Å². The molecule has 2 amide bonds. The Hall–Kier alpha value is -2.06. The number of carbonyl (C=O) groups is 1. The van der Waals surface area contributed by atoms with Gasteiger partial charge in [-0.3, -0.25) is 0 Å². The molecule has 0 radical (unpaired) electrons. The molecular formula is C16H24N4O. The van der Waals surface area contributed by atoms with Gasteiger partial charge in [0.15, 0.2) is 0 Å². The highest BCUT2D eigenvalue weighted by Crippen LogP contribution is 2.16. The van der Waals surface area contributed by atoms with Crippen molar-refractivity contribution in [1.29, 1.82) is 5.26 Å². The second-order valence-corrected chi connectivity index (χ2v) is 5.06. The third-order valence-electron chi connectivity index (χ3n) is 3.27. The summed E-state index contributed by atoms with van der Waals surface area (Å²) in [5.41, 5.74) is 1.95. The molecule has 0 aliphatic rings. The lowest BCUT2D eigenvalue weighted by Gasteiger charge is -2.17. The van der Waals surface area contributed by atoms with E-state index in [0.717, 1.165) is 18.7 Å². The minimum Gasteiger partial charge on any atom is -0.327 e. The number of hydrogen-bond donors (Lipinski definition) is 2. The van der Waals surface area contributed by atoms with E-state index in [1.165, 1.54) is 10.5 Å². The fourth-order valence-corrected chi connectivity index (χ4v) is 1.87. The van der Waals surface area contributed by atoms with Gasteiger partial charge in [0, 0.05) is 25.3 Å². The smallest absolute Gasteiger partial charge is 0.321 e. The highest BCUT2D eigenvalue weighted by molar-refractivity contribution is 5.89. The second-order valence-electron chi connectivity index (χ2n) is 5.06. The van der Waals surface area contributed by atoms with E-state index in [9.17, 15) is 4.79 Å². The van der Waals surface area contributed by atoms with E-state index in [1.807, 2.05) is 30.3 Å². The van der Waals surface area contributed by atoms with E-state index in [1.54, 1.807) is 7.05 Å². The lowest BCUT2D eigenvalue weighted by atomic mass is 10.1. The number of urea groups is 1. The van der Waals surface area contributed by atoms with Crippen LogP contribution in [0.2, 0.25) is 0 Å². The van der Waals surface area contributed by atoms with Gasteiger partial charge in [-0.1, -0.05) is 19.1 Å². The lowest BCUT2D eigenvalue weighted by molar-refractivity contribution is 0.223. The van der Waals surface area contributed by atoms with Crippen molar-refractivity contribution in [3.63, 3.8) is 0 Å². The Morgan fingerprint density at radius 2 is 2.05 bits per heavy atom. The monoisotopic (exact) mass is 288 g/mol. The van der Waals surface area contributed by atoms with E-state index < -0.39 is 0 Å². The maximum atomic E-state index is 11.9. The molecule has 0 bridgehead atoms. The van der Waals surface area contributed by atoms with Crippen LogP contribution in [-0.4, -0.2) is 31.1 Å². The molecule has 5 heteroatoms. The summed E-state index contributed by atoms with van der Waals surface area (Å²) in [4.78, 5) is 13.4. The van der Waals surface area contributed by atoms with Gasteiger partial charge in [-0.25, -0.2) is 4.79 Å². The molecule has 0 aromatic heterocycles. The standard InChI is InChI=1S/C16H24N4O/c1-4-11-18-13(2)14-6-8-15(9-7-14)19-16(21)20(3)12-5-10-17/h6-9,13,18H,4-5,11-12H2,1-3H3,(H,19,21). The molecule has 0 spiro atoms. The largest absolute Gasteiger partial charge is 0.327 e. The van der Waals surface area contributed by atoms with Crippen molar-refractivity contribution in [2.75, 3.05) is 25.5 Å². The van der Waals surface area contributed by atoms with Gasteiger partial charge in [-0.05, 0) is 37.6 Å². The van der Waals surface area contributed by atoms with Crippen molar-refractivity contribution in [2.45, 2.75) is 32.7 Å². The van der Waals surface area contributed by atoms with Crippen LogP contribution in [0.3, 0.4) is 0 Å². The van der Waals surface area contributed by atoms with Gasteiger partial charge in [0.1, 0.15) is 0 Å². The van der Waals surface area contributed by atoms with Gasteiger partial charge in [0.25, 0.3) is 0 Å². The Kier molecular flexibility index (Phi) is 7.27. The van der Waals surface area contributed by atoms with Crippen LogP contribution in [-0.2, 0) is 0 Å². The first-order valence-corrected chi connectivity index (χ1v) is 7.31. The predicted molar refractivity (Wildman–Crippen MR) is 85.0 cm³/mol. The van der Waals surface area contributed by atoms with Crippen molar-refractivity contribution in [3.8, 4) is 6.07 Å². The van der Waals surface area contributed by atoms with E-state index in [-0.39, 0.29) is 6.03 Å². The maximum absolute atomic E-state index is 11.9. The fourth-order valence-electron chi connectivity index (χ4n) is 1.87. The van der Waals surface area contributed by atoms with Gasteiger partial charge in [0.05, 0.1) is 12.5 Å². The van der Waals surface area contributed by atoms with Crippen LogP contribution < -0.4 is 10.6 Å². The molecule has 0 saturated carbocycles. The lowest BCUT2D eigenvalue weighted by Crippen LogP contribution is -2.32. The summed E-state index contributed by atoms with van der Waals surface area (Å²) in [5.74, 6) is 0. The van der Waals surface area contributed by atoms with Crippen LogP contribution in [0.1, 0.15) is 38.3 Å². The molecule has 1 unspecified atom stereocenters. The van der Waals surface area contributed by atoms with Gasteiger partial charge in [-0.2, -0.15) is 5.26 Å². The first-order chi connectivity index (χ1) is 10.1. The summed E-state index contributed by atoms with van der Waals surface area (Å²) in [7, 11) is 1.68. The Morgan fingerprint density at radius 1 is 1.38 bits per heavy atom. The Labute approximate surface area is 126 Å². The molecule has 1 atom stereocenters. The number of benzene rings is 1. The predicted octanol–water partition coefficient (Wildman–Crippen LogP) is 3.12. The minimum atomic E-state index is -0.199. The van der Waals surface area contributed by atoms with Gasteiger partial charge >= 0.3 is 6.03 Å². The number of nitrogens with zero attached hydrogens (tertiary/aromatic N) is 2. The summed E-state index contributed by atoms with van der Waals surface area (Å²) in [6.07, 6.45) is 1.44. The van der Waals surface area contributed by atoms with Crippen LogP contribution in [0.5, 0.6) is 0 Å². The van der Waals surface area contributed by atoms with E-state index in [4.69, 9.17) is 5.26 Å². The molecule has 1 aromatic carbocycles. The summed E-state index contributed by atoms with van der Waals surface area (Å²) in [6.45, 7) is 5.68. The van der Waals surface area contributed by atoms with Crippen LogP contribution in [0.15, 0.2) is 24.3 Å². The Bertz CT molecular complexity index is 478. The normalized spacial score (nSPS) is 11.5. The summed E-state index contributed by atoms with van der Waals surface area (Å²) in [6, 6.07) is 9.95. The number of rotatable bonds is 7. The molecule has 0 aliphatic heterocycles. The molecule has 0 aliphatic carbocycles. The summed E-state index contributed by atoms with van der Waals surface area (Å²) < 4.78 is 0. The van der Waals surface area contributed by atoms with Crippen molar-refractivity contribution >= 4 is 11.7 Å². The molecule has 0 fully saturated rings.